The number of benzene rings is 7. The fraction of sp³-hybridized carbons (Fsp3) is 0.462. The van der Waals surface area contributed by atoms with Gasteiger partial charge in [0.05, 0.1) is 33.1 Å². The van der Waals surface area contributed by atoms with Gasteiger partial charge in [0, 0.05) is 43.1 Å². The third-order valence-corrected chi connectivity index (χ3v) is 21.8. The summed E-state index contributed by atoms with van der Waals surface area (Å²) < 4.78 is 5.81. The maximum atomic E-state index is 2.91. The molecular formula is C78H88N2. The lowest BCUT2D eigenvalue weighted by atomic mass is 9.78. The molecule has 0 spiro atoms. The molecule has 11 aromatic rings. The van der Waals surface area contributed by atoms with E-state index in [1.54, 1.807) is 22.3 Å². The van der Waals surface area contributed by atoms with Crippen LogP contribution in [0.5, 0.6) is 0 Å². The van der Waals surface area contributed by atoms with Gasteiger partial charge in [-0.1, -0.05) is 193 Å². The molecule has 4 aliphatic rings. The molecule has 0 bridgehead atoms. The Hall–Kier alpha value is -5.86. The van der Waals surface area contributed by atoms with E-state index in [-0.39, 0.29) is 0 Å². The molecule has 0 unspecified atom stereocenters. The van der Waals surface area contributed by atoms with Gasteiger partial charge in [0.2, 0.25) is 0 Å². The molecule has 80 heavy (non-hydrogen) atoms. The zero-order valence-corrected chi connectivity index (χ0v) is 49.9. The number of hydrogen-bond donors (Lipinski definition) is 0. The molecule has 4 heterocycles. The van der Waals surface area contributed by atoms with Crippen LogP contribution in [-0.4, -0.2) is 8.80 Å². The number of fused-ring (bicyclic) bond motifs is 14. The first-order valence-electron chi connectivity index (χ1n) is 32.8. The molecule has 4 aromatic heterocycles. The van der Waals surface area contributed by atoms with Gasteiger partial charge in [-0.15, -0.1) is 0 Å². The van der Waals surface area contributed by atoms with Gasteiger partial charge in [0.25, 0.3) is 0 Å². The molecule has 2 nitrogen and oxygen atoms in total. The van der Waals surface area contributed by atoms with Crippen LogP contribution in [0.1, 0.15) is 276 Å². The van der Waals surface area contributed by atoms with Crippen molar-refractivity contribution in [2.24, 2.45) is 0 Å². The Balaban J connectivity index is 1.19. The Labute approximate surface area is 477 Å². The van der Waals surface area contributed by atoms with E-state index in [0.29, 0.717) is 47.3 Å². The summed E-state index contributed by atoms with van der Waals surface area (Å²) in [5, 5.41) is 12.0. The van der Waals surface area contributed by atoms with Crippen LogP contribution in [0.2, 0.25) is 0 Å². The van der Waals surface area contributed by atoms with E-state index in [0.717, 1.165) is 0 Å². The van der Waals surface area contributed by atoms with Crippen LogP contribution >= 0.6 is 0 Å². The molecule has 0 N–H and O–H groups in total. The summed E-state index contributed by atoms with van der Waals surface area (Å²) in [4.78, 5) is 0. The quantitative estimate of drug-likeness (QED) is 0.129. The molecule has 7 aromatic carbocycles. The average Bonchev–Trinajstić information content (AvgIpc) is 4.40. The largest absolute Gasteiger partial charge is 0.308 e. The number of aromatic nitrogens is 2. The molecule has 0 radical (unpaired) electrons. The van der Waals surface area contributed by atoms with E-state index in [1.165, 1.54) is 249 Å². The molecule has 2 heteroatoms. The molecule has 0 amide bonds. The van der Waals surface area contributed by atoms with Crippen LogP contribution in [0.15, 0.2) is 97.1 Å². The summed E-state index contributed by atoms with van der Waals surface area (Å²) >= 11 is 0. The molecular weight excluding hydrogens is 965 g/mol. The Bertz CT molecular complexity index is 3840. The minimum absolute atomic E-state index is 0.416. The molecule has 15 rings (SSSR count). The monoisotopic (exact) mass is 1050 g/mol. The average molecular weight is 1050 g/mol. The first-order valence-corrected chi connectivity index (χ1v) is 32.8. The van der Waals surface area contributed by atoms with E-state index in [4.69, 9.17) is 0 Å². The highest BCUT2D eigenvalue weighted by atomic mass is 15.0. The van der Waals surface area contributed by atoms with Crippen LogP contribution in [0, 0.1) is 0 Å². The van der Waals surface area contributed by atoms with Crippen molar-refractivity contribution in [2.75, 3.05) is 0 Å². The lowest BCUT2D eigenvalue weighted by Gasteiger charge is -2.27. The zero-order chi connectivity index (χ0) is 54.2. The van der Waals surface area contributed by atoms with E-state index in [9.17, 15) is 0 Å². The minimum atomic E-state index is 0.416. The van der Waals surface area contributed by atoms with Gasteiger partial charge in [0.1, 0.15) is 0 Å². The summed E-state index contributed by atoms with van der Waals surface area (Å²) in [6.07, 6.45) is 26.7. The van der Waals surface area contributed by atoms with Crippen LogP contribution < -0.4 is 0 Å². The molecule has 410 valence electrons. The number of hydrogen-bond acceptors (Lipinski definition) is 0. The lowest BCUT2D eigenvalue weighted by molar-refractivity contribution is 0.437. The summed E-state index contributed by atoms with van der Waals surface area (Å²) in [5.41, 5.74) is 26.9. The Morgan fingerprint density at radius 1 is 0.312 bits per heavy atom. The molecule has 0 saturated heterocycles. The fourth-order valence-corrected chi connectivity index (χ4v) is 17.9. The van der Waals surface area contributed by atoms with E-state index < -0.39 is 0 Å². The second-order valence-corrected chi connectivity index (χ2v) is 27.9. The molecule has 0 aliphatic heterocycles. The second kappa shape index (κ2) is 19.9. The number of nitrogens with zero attached hydrogens (tertiary/aromatic N) is 2. The third kappa shape index (κ3) is 7.82. The lowest BCUT2D eigenvalue weighted by Crippen LogP contribution is -2.09. The first-order chi connectivity index (χ1) is 39.0. The van der Waals surface area contributed by atoms with Crippen LogP contribution in [0.4, 0.5) is 0 Å². The van der Waals surface area contributed by atoms with Crippen LogP contribution in [0.25, 0.3) is 98.4 Å². The van der Waals surface area contributed by atoms with E-state index in [2.05, 4.69) is 161 Å². The van der Waals surface area contributed by atoms with E-state index >= 15 is 0 Å². The van der Waals surface area contributed by atoms with Gasteiger partial charge in [-0.3, -0.25) is 0 Å². The highest BCUT2D eigenvalue weighted by Gasteiger charge is 2.35. The normalized spacial score (nSPS) is 18.2. The van der Waals surface area contributed by atoms with Gasteiger partial charge >= 0.3 is 0 Å². The number of rotatable bonds is 10. The highest BCUT2D eigenvalue weighted by molar-refractivity contribution is 6.45. The van der Waals surface area contributed by atoms with Gasteiger partial charge in [-0.25, -0.2) is 0 Å². The Morgan fingerprint density at radius 2 is 0.625 bits per heavy atom. The molecule has 4 fully saturated rings. The Morgan fingerprint density at radius 3 is 0.950 bits per heavy atom. The van der Waals surface area contributed by atoms with Crippen molar-refractivity contribution in [3.63, 3.8) is 0 Å². The summed E-state index contributed by atoms with van der Waals surface area (Å²) in [6, 6.07) is 41.3. The van der Waals surface area contributed by atoms with Crippen molar-refractivity contribution >= 4 is 76.2 Å². The minimum Gasteiger partial charge on any atom is -0.308 e. The van der Waals surface area contributed by atoms with Gasteiger partial charge in [-0.05, 0) is 202 Å². The first kappa shape index (κ1) is 51.1. The van der Waals surface area contributed by atoms with Crippen molar-refractivity contribution in [1.82, 2.24) is 8.80 Å². The summed E-state index contributed by atoms with van der Waals surface area (Å²) in [5.74, 6) is 4.07. The van der Waals surface area contributed by atoms with Gasteiger partial charge < -0.3 is 8.80 Å². The van der Waals surface area contributed by atoms with Crippen molar-refractivity contribution in [3.05, 3.63) is 142 Å². The topological polar surface area (TPSA) is 8.82 Å². The maximum absolute atomic E-state index is 2.91. The molecule has 4 aliphatic carbocycles. The van der Waals surface area contributed by atoms with Crippen LogP contribution in [0.3, 0.4) is 0 Å². The van der Waals surface area contributed by atoms with E-state index in [1.807, 2.05) is 0 Å². The molecule has 0 atom stereocenters. The predicted molar refractivity (Wildman–Crippen MR) is 346 cm³/mol. The van der Waals surface area contributed by atoms with Crippen molar-refractivity contribution in [2.45, 2.75) is 231 Å². The molecule has 4 saturated carbocycles. The third-order valence-electron chi connectivity index (χ3n) is 21.8. The van der Waals surface area contributed by atoms with Crippen molar-refractivity contribution in [1.29, 1.82) is 0 Å². The SMILES string of the molecule is CC(C)c1cccc(C(C)C)c1-c1ccc2c(c1)c1c3c4cc(C5CCCCC5)cc(C5CCCCC5)c4n4c5ccc(-c6c(C(C)C)cccc6C(C)C)cc5c(c5c6cc(C7CCCCC7)cc(C7CCCCC7)c6n2c15)c34. The fourth-order valence-electron chi connectivity index (χ4n) is 17.9. The van der Waals surface area contributed by atoms with Crippen molar-refractivity contribution in [3.8, 4) is 22.3 Å². The van der Waals surface area contributed by atoms with Gasteiger partial charge in [0.15, 0.2) is 0 Å². The van der Waals surface area contributed by atoms with Crippen LogP contribution in [-0.2, 0) is 0 Å². The maximum Gasteiger partial charge on any atom is 0.0634 e. The smallest absolute Gasteiger partial charge is 0.0634 e. The second-order valence-electron chi connectivity index (χ2n) is 27.9. The summed E-state index contributed by atoms with van der Waals surface area (Å²) in [6.45, 7) is 19.2. The summed E-state index contributed by atoms with van der Waals surface area (Å²) in [7, 11) is 0. The predicted octanol–water partition coefficient (Wildman–Crippen LogP) is 24.0. The van der Waals surface area contributed by atoms with Gasteiger partial charge in [-0.2, -0.15) is 0 Å². The Kier molecular flexibility index (Phi) is 12.7. The zero-order valence-electron chi connectivity index (χ0n) is 49.9. The highest BCUT2D eigenvalue weighted by Crippen LogP contribution is 2.57. The standard InChI is InChI=1S/C78H88N2/c1-45(2)57-31-21-32-58(46(3)4)69(57)53-35-37-67-63(39-53)71-73-65-43-55(49-23-13-9-14-24-49)42-62(52-29-19-12-20-30-52)76(65)80-68-38-36-54(70-59(47(5)6)33-22-34-60(70)48(7)8)40-64(68)72(78(73)80)74-66-44-56(50-25-15-10-16-26-50)41-61(51-27-17-11-18-28-51)75(66)79(67)77(71)74/h21-22,31-52H,9-20,23-30H2,1-8H3. The van der Waals surface area contributed by atoms with Crippen molar-refractivity contribution < 1.29 is 0 Å².